The molecule has 2 aromatic carbocycles. The van der Waals surface area contributed by atoms with Crippen molar-refractivity contribution >= 4 is 34.8 Å². The highest BCUT2D eigenvalue weighted by atomic mass is 35.5. The zero-order valence-corrected chi connectivity index (χ0v) is 19.1. The lowest BCUT2D eigenvalue weighted by atomic mass is 10.2. The maximum atomic E-state index is 12.6. The number of hydrazine groups is 1. The van der Waals surface area contributed by atoms with Crippen molar-refractivity contribution in [3.05, 3.63) is 63.6 Å². The summed E-state index contributed by atoms with van der Waals surface area (Å²) in [6, 6.07) is 12.0. The molecule has 0 aliphatic rings. The Balaban J connectivity index is 1.69. The van der Waals surface area contributed by atoms with Gasteiger partial charge in [0.2, 0.25) is 0 Å². The Morgan fingerprint density at radius 2 is 1.81 bits per heavy atom. The van der Waals surface area contributed by atoms with E-state index in [2.05, 4.69) is 15.8 Å². The number of ether oxygens (including phenoxy) is 2. The molecule has 0 radical (unpaired) electrons. The molecule has 2 amide bonds. The Bertz CT molecular complexity index is 1110. The van der Waals surface area contributed by atoms with Gasteiger partial charge in [0.25, 0.3) is 11.8 Å². The number of aromatic nitrogens is 1. The van der Waals surface area contributed by atoms with E-state index in [9.17, 15) is 9.59 Å². The largest absolute Gasteiger partial charge is 0.493 e. The van der Waals surface area contributed by atoms with Crippen LogP contribution in [0.15, 0.2) is 42.5 Å². The fourth-order valence-corrected chi connectivity index (χ4v) is 3.90. The molecular weight excluding hydrogens is 438 g/mol. The third-order valence-electron chi connectivity index (χ3n) is 4.15. The summed E-state index contributed by atoms with van der Waals surface area (Å²) >= 11 is 7.26. The Hall–Kier alpha value is -3.10. The Kier molecular flexibility index (Phi) is 7.14. The smallest absolute Gasteiger partial charge is 0.281 e. The number of carbonyl (C=O) groups excluding carboxylic acids is 2. The summed E-state index contributed by atoms with van der Waals surface area (Å²) in [6.45, 7) is 5.53. The third-order valence-corrected chi connectivity index (χ3v) is 5.59. The first-order valence-electron chi connectivity index (χ1n) is 9.47. The molecule has 2 N–H and O–H groups in total. The van der Waals surface area contributed by atoms with Crippen molar-refractivity contribution < 1.29 is 19.1 Å². The van der Waals surface area contributed by atoms with Crippen molar-refractivity contribution in [1.82, 2.24) is 15.8 Å². The highest BCUT2D eigenvalue weighted by Crippen LogP contribution is 2.30. The van der Waals surface area contributed by atoms with E-state index in [1.54, 1.807) is 37.3 Å². The van der Waals surface area contributed by atoms with Crippen molar-refractivity contribution in [3.63, 3.8) is 0 Å². The summed E-state index contributed by atoms with van der Waals surface area (Å²) in [4.78, 5) is 29.9. The molecule has 1 aromatic heterocycles. The molecular formula is C22H22ClN3O4S. The summed E-state index contributed by atoms with van der Waals surface area (Å²) in [6.07, 6.45) is -0.0349. The molecule has 3 rings (SSSR count). The zero-order valence-electron chi connectivity index (χ0n) is 17.5. The minimum atomic E-state index is -0.486. The number of methoxy groups -OCH3 is 1. The molecule has 0 fully saturated rings. The number of benzene rings is 2. The van der Waals surface area contributed by atoms with E-state index in [1.165, 1.54) is 18.4 Å². The van der Waals surface area contributed by atoms with Crippen molar-refractivity contribution in [2.45, 2.75) is 26.9 Å². The number of halogens is 1. The number of nitrogens with zero attached hydrogens (tertiary/aromatic N) is 1. The first kappa shape index (κ1) is 22.6. The highest BCUT2D eigenvalue weighted by molar-refractivity contribution is 7.17. The zero-order chi connectivity index (χ0) is 22.5. The average Bonchev–Trinajstić information content (AvgIpc) is 3.13. The summed E-state index contributed by atoms with van der Waals surface area (Å²) in [5.41, 5.74) is 6.54. The van der Waals surface area contributed by atoms with Gasteiger partial charge >= 0.3 is 0 Å². The summed E-state index contributed by atoms with van der Waals surface area (Å²) in [7, 11) is 1.50. The normalized spacial score (nSPS) is 10.6. The molecule has 0 aliphatic heterocycles. The minimum Gasteiger partial charge on any atom is -0.493 e. The van der Waals surface area contributed by atoms with Gasteiger partial charge in [0, 0.05) is 16.1 Å². The molecule has 0 saturated carbocycles. The van der Waals surface area contributed by atoms with Gasteiger partial charge in [0.15, 0.2) is 11.5 Å². The quantitative estimate of drug-likeness (QED) is 0.524. The van der Waals surface area contributed by atoms with Gasteiger partial charge in [-0.3, -0.25) is 20.4 Å². The predicted octanol–water partition coefficient (Wildman–Crippen LogP) is 4.64. The maximum Gasteiger partial charge on any atom is 0.281 e. The number of aryl methyl sites for hydroxylation is 1. The standard InChI is InChI=1S/C22H22ClN3O4S/c1-12(2)30-17-9-8-14(11-18(17)29-4)20(27)25-26-21(28)19-13(3)24-22(31-19)15-6-5-7-16(23)10-15/h5-12H,1-4H3,(H,25,27)(H,26,28). The van der Waals surface area contributed by atoms with Gasteiger partial charge in [-0.2, -0.15) is 0 Å². The maximum absolute atomic E-state index is 12.6. The van der Waals surface area contributed by atoms with Gasteiger partial charge in [0.1, 0.15) is 9.88 Å². The molecule has 0 aliphatic carbocycles. The second kappa shape index (κ2) is 9.80. The van der Waals surface area contributed by atoms with E-state index in [0.717, 1.165) is 5.56 Å². The molecule has 9 heteroatoms. The van der Waals surface area contributed by atoms with Crippen LogP contribution in [0.4, 0.5) is 0 Å². The van der Waals surface area contributed by atoms with Crippen molar-refractivity contribution in [3.8, 4) is 22.1 Å². The minimum absolute atomic E-state index is 0.0349. The predicted molar refractivity (Wildman–Crippen MR) is 121 cm³/mol. The molecule has 0 bridgehead atoms. The van der Waals surface area contributed by atoms with Gasteiger partial charge in [-0.05, 0) is 51.1 Å². The molecule has 1 heterocycles. The molecule has 0 atom stereocenters. The number of amides is 2. The molecule has 7 nitrogen and oxygen atoms in total. The fraction of sp³-hybridized carbons (Fsp3) is 0.227. The van der Waals surface area contributed by atoms with Gasteiger partial charge in [-0.15, -0.1) is 11.3 Å². The second-order valence-corrected chi connectivity index (χ2v) is 8.32. The molecule has 31 heavy (non-hydrogen) atoms. The highest BCUT2D eigenvalue weighted by Gasteiger charge is 2.18. The van der Waals surface area contributed by atoms with E-state index >= 15 is 0 Å². The van der Waals surface area contributed by atoms with Crippen molar-refractivity contribution in [2.24, 2.45) is 0 Å². The molecule has 0 spiro atoms. The summed E-state index contributed by atoms with van der Waals surface area (Å²) in [5.74, 6) is 0.0207. The SMILES string of the molecule is COc1cc(C(=O)NNC(=O)c2sc(-c3cccc(Cl)c3)nc2C)ccc1OC(C)C. The lowest BCUT2D eigenvalue weighted by Crippen LogP contribution is -2.41. The second-order valence-electron chi connectivity index (χ2n) is 6.88. The van der Waals surface area contributed by atoms with E-state index in [0.29, 0.717) is 37.7 Å². The molecule has 0 unspecified atom stereocenters. The van der Waals surface area contributed by atoms with Gasteiger partial charge in [-0.25, -0.2) is 4.98 Å². The number of thiazole rings is 1. The molecule has 0 saturated heterocycles. The third kappa shape index (κ3) is 5.53. The first-order chi connectivity index (χ1) is 14.8. The first-order valence-corrected chi connectivity index (χ1v) is 10.7. The van der Waals surface area contributed by atoms with Crippen LogP contribution in [-0.4, -0.2) is 30.0 Å². The van der Waals surface area contributed by atoms with E-state index in [-0.39, 0.29) is 6.10 Å². The topological polar surface area (TPSA) is 89.6 Å². The van der Waals surface area contributed by atoms with Crippen LogP contribution in [0.1, 0.15) is 39.6 Å². The Labute approximate surface area is 189 Å². The van der Waals surface area contributed by atoms with Gasteiger partial charge < -0.3 is 9.47 Å². The van der Waals surface area contributed by atoms with E-state index in [1.807, 2.05) is 26.0 Å². The Morgan fingerprint density at radius 1 is 1.06 bits per heavy atom. The van der Waals surface area contributed by atoms with Crippen LogP contribution in [-0.2, 0) is 0 Å². The Morgan fingerprint density at radius 3 is 2.48 bits per heavy atom. The number of hydrogen-bond donors (Lipinski definition) is 2. The monoisotopic (exact) mass is 459 g/mol. The van der Waals surface area contributed by atoms with Crippen LogP contribution in [0.25, 0.3) is 10.6 Å². The lowest BCUT2D eigenvalue weighted by molar-refractivity contribution is 0.0848. The van der Waals surface area contributed by atoms with E-state index in [4.69, 9.17) is 21.1 Å². The van der Waals surface area contributed by atoms with Crippen LogP contribution in [0.3, 0.4) is 0 Å². The summed E-state index contributed by atoms with van der Waals surface area (Å²) in [5, 5.41) is 1.26. The van der Waals surface area contributed by atoms with Crippen LogP contribution in [0, 0.1) is 6.92 Å². The fourth-order valence-electron chi connectivity index (χ4n) is 2.75. The molecule has 162 valence electrons. The van der Waals surface area contributed by atoms with E-state index < -0.39 is 11.8 Å². The van der Waals surface area contributed by atoms with Gasteiger partial charge in [0.05, 0.1) is 18.9 Å². The van der Waals surface area contributed by atoms with Crippen LogP contribution >= 0.6 is 22.9 Å². The molecule has 3 aromatic rings. The number of nitrogens with one attached hydrogen (secondary N) is 2. The van der Waals surface area contributed by atoms with Crippen LogP contribution in [0.2, 0.25) is 5.02 Å². The lowest BCUT2D eigenvalue weighted by Gasteiger charge is -2.14. The number of rotatable bonds is 6. The number of carbonyl (C=O) groups is 2. The van der Waals surface area contributed by atoms with Crippen LogP contribution in [0.5, 0.6) is 11.5 Å². The number of hydrogen-bond acceptors (Lipinski definition) is 6. The average molecular weight is 460 g/mol. The van der Waals surface area contributed by atoms with Gasteiger partial charge in [-0.1, -0.05) is 23.7 Å². The summed E-state index contributed by atoms with van der Waals surface area (Å²) < 4.78 is 10.9. The van der Waals surface area contributed by atoms with Crippen LogP contribution < -0.4 is 20.3 Å². The van der Waals surface area contributed by atoms with Crippen molar-refractivity contribution in [2.75, 3.05) is 7.11 Å². The van der Waals surface area contributed by atoms with Crippen molar-refractivity contribution in [1.29, 1.82) is 0 Å².